The van der Waals surface area contributed by atoms with Crippen molar-refractivity contribution >= 4 is 34.8 Å². The lowest BCUT2D eigenvalue weighted by Gasteiger charge is -2.16. The molecule has 3 amide bonds. The number of carbonyl (C=O) groups excluding carboxylic acids is 3. The van der Waals surface area contributed by atoms with Crippen molar-refractivity contribution in [2.75, 3.05) is 16.0 Å². The molecular formula is C21H25N3O3. The van der Waals surface area contributed by atoms with E-state index in [0.717, 1.165) is 16.8 Å². The number of benzene rings is 2. The van der Waals surface area contributed by atoms with Gasteiger partial charge >= 0.3 is 0 Å². The van der Waals surface area contributed by atoms with Gasteiger partial charge in [-0.15, -0.1) is 0 Å². The summed E-state index contributed by atoms with van der Waals surface area (Å²) in [6, 6.07) is 12.6. The largest absolute Gasteiger partial charge is 0.326 e. The average Bonchev–Trinajstić information content (AvgIpc) is 2.55. The zero-order valence-corrected chi connectivity index (χ0v) is 16.1. The molecule has 0 unspecified atom stereocenters. The van der Waals surface area contributed by atoms with Gasteiger partial charge in [0.2, 0.25) is 17.7 Å². The van der Waals surface area contributed by atoms with Gasteiger partial charge < -0.3 is 16.0 Å². The fourth-order valence-electron chi connectivity index (χ4n) is 2.75. The van der Waals surface area contributed by atoms with Crippen LogP contribution in [-0.4, -0.2) is 17.7 Å². The summed E-state index contributed by atoms with van der Waals surface area (Å²) in [7, 11) is 0. The first kappa shape index (κ1) is 20.2. The molecule has 0 aromatic heterocycles. The highest BCUT2D eigenvalue weighted by Gasteiger charge is 2.15. The number of hydrogen-bond donors (Lipinski definition) is 3. The molecule has 142 valence electrons. The second-order valence-corrected chi connectivity index (χ2v) is 6.73. The minimum Gasteiger partial charge on any atom is -0.326 e. The minimum atomic E-state index is -0.424. The van der Waals surface area contributed by atoms with Crippen LogP contribution in [0.2, 0.25) is 0 Å². The highest BCUT2D eigenvalue weighted by atomic mass is 16.2. The van der Waals surface area contributed by atoms with Gasteiger partial charge in [0.15, 0.2) is 0 Å². The molecule has 2 aromatic rings. The van der Waals surface area contributed by atoms with E-state index in [1.807, 2.05) is 25.1 Å². The van der Waals surface area contributed by atoms with Crippen molar-refractivity contribution in [2.45, 2.75) is 40.0 Å². The number of nitrogens with one attached hydrogen (secondary N) is 3. The monoisotopic (exact) mass is 367 g/mol. The van der Waals surface area contributed by atoms with E-state index in [2.05, 4.69) is 29.8 Å². The molecule has 0 aliphatic heterocycles. The van der Waals surface area contributed by atoms with E-state index >= 15 is 0 Å². The Bertz CT molecular complexity index is 860. The third kappa shape index (κ3) is 5.95. The number of anilines is 3. The summed E-state index contributed by atoms with van der Waals surface area (Å²) in [4.78, 5) is 35.6. The molecule has 0 radical (unpaired) electrons. The number of para-hydroxylation sites is 1. The summed E-state index contributed by atoms with van der Waals surface area (Å²) in [5.41, 5.74) is 3.84. The summed E-state index contributed by atoms with van der Waals surface area (Å²) in [5, 5.41) is 8.18. The molecule has 0 spiro atoms. The SMILES string of the molecule is CC(=O)Nc1cccc(NC(=O)CC(=O)Nc2c(C)cccc2C(C)C)c1. The van der Waals surface area contributed by atoms with Crippen LogP contribution in [0.1, 0.15) is 44.2 Å². The van der Waals surface area contributed by atoms with Gasteiger partial charge in [0, 0.05) is 24.0 Å². The van der Waals surface area contributed by atoms with Crippen molar-refractivity contribution in [3.05, 3.63) is 53.6 Å². The van der Waals surface area contributed by atoms with Crippen LogP contribution < -0.4 is 16.0 Å². The maximum absolute atomic E-state index is 12.3. The average molecular weight is 367 g/mol. The molecule has 27 heavy (non-hydrogen) atoms. The van der Waals surface area contributed by atoms with Crippen LogP contribution in [0.15, 0.2) is 42.5 Å². The standard InChI is InChI=1S/C21H25N3O3/c1-13(2)18-10-5-7-14(3)21(18)24-20(27)12-19(26)23-17-9-6-8-16(11-17)22-15(4)25/h5-11,13H,12H2,1-4H3,(H,22,25)(H,23,26)(H,24,27). The van der Waals surface area contributed by atoms with E-state index in [1.54, 1.807) is 24.3 Å². The summed E-state index contributed by atoms with van der Waals surface area (Å²) in [6.45, 7) is 7.44. The summed E-state index contributed by atoms with van der Waals surface area (Å²) < 4.78 is 0. The van der Waals surface area contributed by atoms with Gasteiger partial charge in [-0.1, -0.05) is 38.1 Å². The Kier molecular flexibility index (Phi) is 6.71. The van der Waals surface area contributed by atoms with Gasteiger partial charge in [-0.3, -0.25) is 14.4 Å². The van der Waals surface area contributed by atoms with Gasteiger partial charge in [-0.2, -0.15) is 0 Å². The Balaban J connectivity index is 2.01. The smallest absolute Gasteiger partial charge is 0.233 e. The summed E-state index contributed by atoms with van der Waals surface area (Å²) in [5.74, 6) is -0.739. The van der Waals surface area contributed by atoms with Crippen molar-refractivity contribution in [2.24, 2.45) is 0 Å². The Hall–Kier alpha value is -3.15. The van der Waals surface area contributed by atoms with E-state index in [9.17, 15) is 14.4 Å². The lowest BCUT2D eigenvalue weighted by molar-refractivity contribution is -0.123. The van der Waals surface area contributed by atoms with Gasteiger partial charge in [0.1, 0.15) is 6.42 Å². The number of amides is 3. The molecule has 0 bridgehead atoms. The molecule has 0 atom stereocenters. The Morgan fingerprint density at radius 1 is 0.889 bits per heavy atom. The van der Waals surface area contributed by atoms with Crippen molar-refractivity contribution in [3.63, 3.8) is 0 Å². The maximum Gasteiger partial charge on any atom is 0.233 e. The fraction of sp³-hybridized carbons (Fsp3) is 0.286. The van der Waals surface area contributed by atoms with Crippen LogP contribution in [0.3, 0.4) is 0 Å². The number of carbonyl (C=O) groups is 3. The Labute approximate surface area is 159 Å². The third-order valence-electron chi connectivity index (χ3n) is 3.98. The van der Waals surface area contributed by atoms with Crippen LogP contribution in [0.4, 0.5) is 17.1 Å². The number of hydrogen-bond acceptors (Lipinski definition) is 3. The maximum atomic E-state index is 12.3. The highest BCUT2D eigenvalue weighted by molar-refractivity contribution is 6.08. The zero-order valence-electron chi connectivity index (χ0n) is 16.1. The minimum absolute atomic E-state index is 0.197. The summed E-state index contributed by atoms with van der Waals surface area (Å²) in [6.07, 6.45) is -0.295. The first-order valence-electron chi connectivity index (χ1n) is 8.83. The van der Waals surface area contributed by atoms with Crippen LogP contribution in [0.25, 0.3) is 0 Å². The molecular weight excluding hydrogens is 342 g/mol. The molecule has 0 saturated heterocycles. The molecule has 0 fully saturated rings. The van der Waals surface area contributed by atoms with Crippen molar-refractivity contribution in [1.29, 1.82) is 0 Å². The molecule has 2 aromatic carbocycles. The normalized spacial score (nSPS) is 10.4. The van der Waals surface area contributed by atoms with Gasteiger partial charge in [-0.25, -0.2) is 0 Å². The van der Waals surface area contributed by atoms with E-state index in [-0.39, 0.29) is 24.2 Å². The molecule has 6 nitrogen and oxygen atoms in total. The quantitative estimate of drug-likeness (QED) is 0.673. The zero-order chi connectivity index (χ0) is 20.0. The molecule has 0 heterocycles. The molecule has 0 saturated carbocycles. The van der Waals surface area contributed by atoms with Crippen LogP contribution >= 0.6 is 0 Å². The predicted molar refractivity (Wildman–Crippen MR) is 108 cm³/mol. The number of aryl methyl sites for hydroxylation is 1. The molecule has 2 rings (SSSR count). The van der Waals surface area contributed by atoms with E-state index in [0.29, 0.717) is 11.4 Å². The first-order valence-corrected chi connectivity index (χ1v) is 8.83. The topological polar surface area (TPSA) is 87.3 Å². The Morgan fingerprint density at radius 3 is 2.11 bits per heavy atom. The van der Waals surface area contributed by atoms with Crippen LogP contribution in [0, 0.1) is 6.92 Å². The Morgan fingerprint density at radius 2 is 1.48 bits per heavy atom. The molecule has 0 aliphatic carbocycles. The van der Waals surface area contributed by atoms with Crippen LogP contribution in [0.5, 0.6) is 0 Å². The lowest BCUT2D eigenvalue weighted by atomic mass is 9.98. The van der Waals surface area contributed by atoms with E-state index < -0.39 is 5.91 Å². The van der Waals surface area contributed by atoms with Crippen molar-refractivity contribution in [1.82, 2.24) is 0 Å². The predicted octanol–water partition coefficient (Wildman–Crippen LogP) is 4.04. The lowest BCUT2D eigenvalue weighted by Crippen LogP contribution is -2.22. The van der Waals surface area contributed by atoms with E-state index in [4.69, 9.17) is 0 Å². The molecule has 6 heteroatoms. The second-order valence-electron chi connectivity index (χ2n) is 6.73. The fourth-order valence-corrected chi connectivity index (χ4v) is 2.75. The van der Waals surface area contributed by atoms with Gasteiger partial charge in [-0.05, 0) is 42.2 Å². The number of rotatable bonds is 6. The second kappa shape index (κ2) is 8.98. The highest BCUT2D eigenvalue weighted by Crippen LogP contribution is 2.27. The van der Waals surface area contributed by atoms with Crippen molar-refractivity contribution in [3.8, 4) is 0 Å². The third-order valence-corrected chi connectivity index (χ3v) is 3.98. The van der Waals surface area contributed by atoms with Gasteiger partial charge in [0.25, 0.3) is 0 Å². The summed E-state index contributed by atoms with van der Waals surface area (Å²) >= 11 is 0. The molecule has 0 aliphatic rings. The van der Waals surface area contributed by atoms with Crippen molar-refractivity contribution < 1.29 is 14.4 Å². The van der Waals surface area contributed by atoms with E-state index in [1.165, 1.54) is 6.92 Å². The van der Waals surface area contributed by atoms with Gasteiger partial charge in [0.05, 0.1) is 0 Å². The van der Waals surface area contributed by atoms with Crippen LogP contribution in [-0.2, 0) is 14.4 Å². The first-order chi connectivity index (χ1) is 12.8. The molecule has 3 N–H and O–H groups in total.